The molecule has 1 unspecified atom stereocenters. The van der Waals surface area contributed by atoms with Gasteiger partial charge < -0.3 is 9.47 Å². The van der Waals surface area contributed by atoms with Crippen LogP contribution in [0.1, 0.15) is 57.1 Å². The Kier molecular flexibility index (Phi) is 9.87. The zero-order valence-electron chi connectivity index (χ0n) is 13.4. The molecule has 0 aliphatic rings. The van der Waals surface area contributed by atoms with E-state index < -0.39 is 0 Å². The lowest BCUT2D eigenvalue weighted by molar-refractivity contribution is 0.145. The molecule has 0 spiro atoms. The number of unbranched alkanes of at least 4 members (excludes halogenated alkanes) is 4. The lowest BCUT2D eigenvalue weighted by Crippen LogP contribution is -2.28. The molecule has 0 aliphatic heterocycles. The van der Waals surface area contributed by atoms with E-state index in [2.05, 4.69) is 18.4 Å². The third kappa shape index (κ3) is 6.93. The van der Waals surface area contributed by atoms with Crippen LogP contribution in [-0.4, -0.2) is 20.3 Å². The number of hydrazine groups is 1. The summed E-state index contributed by atoms with van der Waals surface area (Å²) in [6.45, 7) is 3.38. The van der Waals surface area contributed by atoms with Crippen LogP contribution < -0.4 is 16.0 Å². The van der Waals surface area contributed by atoms with Gasteiger partial charge in [0.05, 0.1) is 6.61 Å². The first-order valence-corrected chi connectivity index (χ1v) is 8.00. The lowest BCUT2D eigenvalue weighted by atomic mass is 9.99. The van der Waals surface area contributed by atoms with E-state index in [0.29, 0.717) is 13.2 Å². The first kappa shape index (κ1) is 18.0. The summed E-state index contributed by atoms with van der Waals surface area (Å²) in [5.74, 6) is 6.63. The van der Waals surface area contributed by atoms with E-state index in [1.54, 1.807) is 7.11 Å². The Labute approximate surface area is 129 Å². The predicted octanol–water partition coefficient (Wildman–Crippen LogP) is 3.58. The van der Waals surface area contributed by atoms with Gasteiger partial charge in [-0.3, -0.25) is 11.3 Å². The van der Waals surface area contributed by atoms with Crippen LogP contribution in [0.25, 0.3) is 0 Å². The second-order valence-corrected chi connectivity index (χ2v) is 5.30. The summed E-state index contributed by atoms with van der Waals surface area (Å²) in [7, 11) is 1.68. The zero-order valence-corrected chi connectivity index (χ0v) is 13.4. The van der Waals surface area contributed by atoms with Crippen LogP contribution in [0.2, 0.25) is 0 Å². The molecule has 120 valence electrons. The zero-order chi connectivity index (χ0) is 15.3. The highest BCUT2D eigenvalue weighted by molar-refractivity contribution is 5.35. The number of hydrogen-bond donors (Lipinski definition) is 2. The Morgan fingerprint density at radius 3 is 2.57 bits per heavy atom. The molecule has 0 aromatic heterocycles. The first-order valence-electron chi connectivity index (χ1n) is 8.00. The van der Waals surface area contributed by atoms with Crippen LogP contribution in [0.3, 0.4) is 0 Å². The molecule has 21 heavy (non-hydrogen) atoms. The van der Waals surface area contributed by atoms with Crippen LogP contribution in [0.5, 0.6) is 5.75 Å². The summed E-state index contributed by atoms with van der Waals surface area (Å²) >= 11 is 0. The van der Waals surface area contributed by atoms with E-state index in [9.17, 15) is 0 Å². The molecule has 0 fully saturated rings. The van der Waals surface area contributed by atoms with Gasteiger partial charge in [-0.2, -0.15) is 0 Å². The van der Waals surface area contributed by atoms with Crippen molar-refractivity contribution in [1.29, 1.82) is 0 Å². The van der Waals surface area contributed by atoms with Gasteiger partial charge in [0, 0.05) is 18.7 Å². The topological polar surface area (TPSA) is 56.5 Å². The minimum absolute atomic E-state index is 0.144. The van der Waals surface area contributed by atoms with Crippen LogP contribution in [0.15, 0.2) is 24.3 Å². The summed E-state index contributed by atoms with van der Waals surface area (Å²) < 4.78 is 10.8. The van der Waals surface area contributed by atoms with Gasteiger partial charge in [0.2, 0.25) is 0 Å². The second kappa shape index (κ2) is 11.5. The van der Waals surface area contributed by atoms with Gasteiger partial charge in [0.1, 0.15) is 12.4 Å². The number of rotatable bonds is 12. The molecule has 4 heteroatoms. The van der Waals surface area contributed by atoms with Crippen molar-refractivity contribution in [2.45, 2.75) is 51.5 Å². The maximum Gasteiger partial charge on any atom is 0.124 e. The number of hydrogen-bond acceptors (Lipinski definition) is 4. The molecular weight excluding hydrogens is 264 g/mol. The van der Waals surface area contributed by atoms with Crippen molar-refractivity contribution >= 4 is 0 Å². The summed E-state index contributed by atoms with van der Waals surface area (Å²) in [5, 5.41) is 0. The molecule has 4 nitrogen and oxygen atoms in total. The predicted molar refractivity (Wildman–Crippen MR) is 87.3 cm³/mol. The third-order valence-electron chi connectivity index (χ3n) is 3.64. The van der Waals surface area contributed by atoms with Crippen molar-refractivity contribution < 1.29 is 9.47 Å². The first-order chi connectivity index (χ1) is 10.3. The number of nitrogens with one attached hydrogen (secondary N) is 1. The number of benzene rings is 1. The van der Waals surface area contributed by atoms with E-state index in [1.165, 1.54) is 32.1 Å². The average Bonchev–Trinajstić information content (AvgIpc) is 2.52. The SMILES string of the molecule is CCCCCCCC(NN)c1ccccc1OCCOC. The molecular formula is C17H30N2O2. The molecule has 0 heterocycles. The summed E-state index contributed by atoms with van der Waals surface area (Å²) in [5.41, 5.74) is 4.06. The molecule has 0 aliphatic carbocycles. The van der Waals surface area contributed by atoms with Crippen molar-refractivity contribution in [3.63, 3.8) is 0 Å². The maximum atomic E-state index is 5.78. The van der Waals surface area contributed by atoms with Gasteiger partial charge in [-0.25, -0.2) is 0 Å². The third-order valence-corrected chi connectivity index (χ3v) is 3.64. The normalized spacial score (nSPS) is 12.3. The fourth-order valence-electron chi connectivity index (χ4n) is 2.42. The largest absolute Gasteiger partial charge is 0.491 e. The monoisotopic (exact) mass is 294 g/mol. The van der Waals surface area contributed by atoms with Crippen molar-refractivity contribution in [2.24, 2.45) is 5.84 Å². The molecule has 0 bridgehead atoms. The van der Waals surface area contributed by atoms with Gasteiger partial charge in [-0.05, 0) is 12.5 Å². The Bertz CT molecular complexity index is 372. The molecule has 0 saturated carbocycles. The summed E-state index contributed by atoms with van der Waals surface area (Å²) in [6, 6.07) is 8.23. The van der Waals surface area contributed by atoms with Crippen molar-refractivity contribution in [1.82, 2.24) is 5.43 Å². The van der Waals surface area contributed by atoms with Crippen LogP contribution >= 0.6 is 0 Å². The van der Waals surface area contributed by atoms with E-state index in [-0.39, 0.29) is 6.04 Å². The fourth-order valence-corrected chi connectivity index (χ4v) is 2.42. The Morgan fingerprint density at radius 2 is 1.86 bits per heavy atom. The smallest absolute Gasteiger partial charge is 0.124 e. The molecule has 0 saturated heterocycles. The maximum absolute atomic E-state index is 5.78. The number of nitrogens with two attached hydrogens (primary N) is 1. The highest BCUT2D eigenvalue weighted by Gasteiger charge is 2.14. The fraction of sp³-hybridized carbons (Fsp3) is 0.647. The molecule has 0 radical (unpaired) electrons. The average molecular weight is 294 g/mol. The highest BCUT2D eigenvalue weighted by atomic mass is 16.5. The number of ether oxygens (including phenoxy) is 2. The van der Waals surface area contributed by atoms with Crippen LogP contribution in [0.4, 0.5) is 0 Å². The Morgan fingerprint density at radius 1 is 1.10 bits per heavy atom. The Balaban J connectivity index is 2.54. The molecule has 1 atom stereocenters. The van der Waals surface area contributed by atoms with E-state index >= 15 is 0 Å². The van der Waals surface area contributed by atoms with Gasteiger partial charge in [0.25, 0.3) is 0 Å². The van der Waals surface area contributed by atoms with E-state index in [1.807, 2.05) is 18.2 Å². The van der Waals surface area contributed by atoms with Gasteiger partial charge in [0.15, 0.2) is 0 Å². The quantitative estimate of drug-likeness (QED) is 0.351. The van der Waals surface area contributed by atoms with Crippen LogP contribution in [-0.2, 0) is 4.74 Å². The van der Waals surface area contributed by atoms with E-state index in [0.717, 1.165) is 17.7 Å². The standard InChI is InChI=1S/C17H30N2O2/c1-3-4-5-6-7-11-16(19-18)15-10-8-9-12-17(15)21-14-13-20-2/h8-10,12,16,19H,3-7,11,13-14,18H2,1-2H3. The van der Waals surface area contributed by atoms with Crippen molar-refractivity contribution in [2.75, 3.05) is 20.3 Å². The van der Waals surface area contributed by atoms with Crippen molar-refractivity contribution in [3.8, 4) is 5.75 Å². The van der Waals surface area contributed by atoms with Crippen LogP contribution in [0, 0.1) is 0 Å². The lowest BCUT2D eigenvalue weighted by Gasteiger charge is -2.20. The van der Waals surface area contributed by atoms with Crippen molar-refractivity contribution in [3.05, 3.63) is 29.8 Å². The highest BCUT2D eigenvalue weighted by Crippen LogP contribution is 2.28. The molecule has 1 aromatic carbocycles. The molecule has 1 rings (SSSR count). The number of para-hydroxylation sites is 1. The van der Waals surface area contributed by atoms with E-state index in [4.69, 9.17) is 15.3 Å². The summed E-state index contributed by atoms with van der Waals surface area (Å²) in [4.78, 5) is 0. The minimum Gasteiger partial charge on any atom is -0.491 e. The molecule has 0 amide bonds. The van der Waals surface area contributed by atoms with Gasteiger partial charge >= 0.3 is 0 Å². The molecule has 3 N–H and O–H groups in total. The molecule has 1 aromatic rings. The van der Waals surface area contributed by atoms with Gasteiger partial charge in [-0.15, -0.1) is 0 Å². The number of methoxy groups -OCH3 is 1. The summed E-state index contributed by atoms with van der Waals surface area (Å²) in [6.07, 6.45) is 7.37. The second-order valence-electron chi connectivity index (χ2n) is 5.30. The Hall–Kier alpha value is -1.10. The minimum atomic E-state index is 0.144. The van der Waals surface area contributed by atoms with Gasteiger partial charge in [-0.1, -0.05) is 57.2 Å².